The van der Waals surface area contributed by atoms with Crippen LogP contribution in [-0.4, -0.2) is 7.05 Å². The second-order valence-corrected chi connectivity index (χ2v) is 9.06. The fourth-order valence-corrected chi connectivity index (χ4v) is 6.02. The SMILES string of the molecule is CN(c1ccc(C2CCCCC2)cc1)c1cccc2c1sc1c(C#N)cccc12. The lowest BCUT2D eigenvalue weighted by molar-refractivity contribution is 0.443. The van der Waals surface area contributed by atoms with Gasteiger partial charge in [-0.05, 0) is 48.6 Å². The van der Waals surface area contributed by atoms with E-state index in [2.05, 4.69) is 66.5 Å². The van der Waals surface area contributed by atoms with Gasteiger partial charge in [0.15, 0.2) is 0 Å². The van der Waals surface area contributed by atoms with Gasteiger partial charge >= 0.3 is 0 Å². The van der Waals surface area contributed by atoms with Gasteiger partial charge in [0.05, 0.1) is 20.7 Å². The molecule has 0 saturated heterocycles. The molecule has 29 heavy (non-hydrogen) atoms. The molecule has 1 heterocycles. The summed E-state index contributed by atoms with van der Waals surface area (Å²) in [5.41, 5.74) is 4.64. The van der Waals surface area contributed by atoms with Crippen molar-refractivity contribution in [1.29, 1.82) is 5.26 Å². The number of fused-ring (bicyclic) bond motifs is 3. The van der Waals surface area contributed by atoms with Gasteiger partial charge in [-0.15, -0.1) is 11.3 Å². The van der Waals surface area contributed by atoms with E-state index in [-0.39, 0.29) is 0 Å². The highest BCUT2D eigenvalue weighted by Gasteiger charge is 2.17. The minimum Gasteiger partial charge on any atom is -0.343 e. The maximum atomic E-state index is 9.50. The molecule has 0 bridgehead atoms. The van der Waals surface area contributed by atoms with E-state index >= 15 is 0 Å². The van der Waals surface area contributed by atoms with Crippen molar-refractivity contribution in [3.8, 4) is 6.07 Å². The van der Waals surface area contributed by atoms with Gasteiger partial charge in [0.25, 0.3) is 0 Å². The van der Waals surface area contributed by atoms with Crippen LogP contribution in [0.2, 0.25) is 0 Å². The first-order valence-electron chi connectivity index (χ1n) is 10.4. The van der Waals surface area contributed by atoms with E-state index in [9.17, 15) is 5.26 Å². The first-order chi connectivity index (χ1) is 14.3. The molecule has 1 saturated carbocycles. The second kappa shape index (κ2) is 7.54. The summed E-state index contributed by atoms with van der Waals surface area (Å²) in [4.78, 5) is 2.27. The van der Waals surface area contributed by atoms with Crippen molar-refractivity contribution < 1.29 is 0 Å². The Labute approximate surface area is 176 Å². The lowest BCUT2D eigenvalue weighted by Crippen LogP contribution is -2.10. The van der Waals surface area contributed by atoms with Crippen molar-refractivity contribution in [1.82, 2.24) is 0 Å². The Hall–Kier alpha value is -2.83. The van der Waals surface area contributed by atoms with E-state index < -0.39 is 0 Å². The Kier molecular flexibility index (Phi) is 4.73. The molecule has 0 amide bonds. The Morgan fingerprint density at radius 2 is 1.55 bits per heavy atom. The highest BCUT2D eigenvalue weighted by molar-refractivity contribution is 7.26. The number of hydrogen-bond acceptors (Lipinski definition) is 3. The average molecular weight is 397 g/mol. The fourth-order valence-electron chi connectivity index (χ4n) is 4.70. The Bertz CT molecular complexity index is 1210. The first kappa shape index (κ1) is 18.2. The molecule has 1 aliphatic rings. The molecule has 0 atom stereocenters. The predicted octanol–water partition coefficient (Wildman–Crippen LogP) is 7.74. The number of hydrogen-bond donors (Lipinski definition) is 0. The third kappa shape index (κ3) is 3.18. The van der Waals surface area contributed by atoms with E-state index in [1.165, 1.54) is 64.5 Å². The summed E-state index contributed by atoms with van der Waals surface area (Å²) in [6.07, 6.45) is 6.79. The molecular weight excluding hydrogens is 372 g/mol. The molecule has 0 spiro atoms. The van der Waals surface area contributed by atoms with E-state index in [1.54, 1.807) is 11.3 Å². The zero-order valence-corrected chi connectivity index (χ0v) is 17.5. The first-order valence-corrected chi connectivity index (χ1v) is 11.3. The Morgan fingerprint density at radius 1 is 0.862 bits per heavy atom. The van der Waals surface area contributed by atoms with Crippen LogP contribution in [-0.2, 0) is 0 Å². The normalized spacial score (nSPS) is 14.9. The summed E-state index contributed by atoms with van der Waals surface area (Å²) in [5.74, 6) is 0.735. The maximum Gasteiger partial charge on any atom is 0.101 e. The molecule has 2 nitrogen and oxygen atoms in total. The fraction of sp³-hybridized carbons (Fsp3) is 0.269. The molecule has 0 aliphatic heterocycles. The highest BCUT2D eigenvalue weighted by atomic mass is 32.1. The van der Waals surface area contributed by atoms with Gasteiger partial charge < -0.3 is 4.90 Å². The van der Waals surface area contributed by atoms with Crippen molar-refractivity contribution >= 4 is 42.9 Å². The molecule has 5 rings (SSSR count). The monoisotopic (exact) mass is 396 g/mol. The molecule has 3 aromatic carbocycles. The molecule has 144 valence electrons. The number of nitriles is 1. The smallest absolute Gasteiger partial charge is 0.101 e. The van der Waals surface area contributed by atoms with Crippen molar-refractivity contribution in [2.45, 2.75) is 38.0 Å². The highest BCUT2D eigenvalue weighted by Crippen LogP contribution is 2.42. The summed E-state index contributed by atoms with van der Waals surface area (Å²) in [6.45, 7) is 0. The van der Waals surface area contributed by atoms with E-state index in [0.717, 1.165) is 16.2 Å². The van der Waals surface area contributed by atoms with E-state index in [0.29, 0.717) is 0 Å². The molecule has 0 N–H and O–H groups in total. The van der Waals surface area contributed by atoms with Gasteiger partial charge in [-0.1, -0.05) is 55.7 Å². The molecular formula is C26H24N2S. The Morgan fingerprint density at radius 3 is 2.28 bits per heavy atom. The number of benzene rings is 3. The lowest BCUT2D eigenvalue weighted by Gasteiger charge is -2.24. The van der Waals surface area contributed by atoms with Gasteiger partial charge in [-0.25, -0.2) is 0 Å². The summed E-state index contributed by atoms with van der Waals surface area (Å²) < 4.78 is 2.32. The summed E-state index contributed by atoms with van der Waals surface area (Å²) >= 11 is 1.72. The number of nitrogens with zero attached hydrogens (tertiary/aromatic N) is 2. The summed E-state index contributed by atoms with van der Waals surface area (Å²) in [7, 11) is 2.14. The molecule has 1 fully saturated rings. The van der Waals surface area contributed by atoms with Gasteiger partial charge in [-0.2, -0.15) is 5.26 Å². The number of rotatable bonds is 3. The van der Waals surface area contributed by atoms with Crippen LogP contribution in [0, 0.1) is 11.3 Å². The van der Waals surface area contributed by atoms with Crippen LogP contribution < -0.4 is 4.90 Å². The number of anilines is 2. The van der Waals surface area contributed by atoms with Crippen LogP contribution in [0.3, 0.4) is 0 Å². The third-order valence-corrected chi connectivity index (χ3v) is 7.62. The molecule has 3 heteroatoms. The van der Waals surface area contributed by atoms with Crippen molar-refractivity contribution in [3.63, 3.8) is 0 Å². The van der Waals surface area contributed by atoms with Crippen molar-refractivity contribution in [2.75, 3.05) is 11.9 Å². The molecule has 0 radical (unpaired) electrons. The van der Waals surface area contributed by atoms with Crippen LogP contribution in [0.5, 0.6) is 0 Å². The van der Waals surface area contributed by atoms with Crippen LogP contribution >= 0.6 is 11.3 Å². The molecule has 4 aromatic rings. The van der Waals surface area contributed by atoms with E-state index in [4.69, 9.17) is 0 Å². The quantitative estimate of drug-likeness (QED) is 0.354. The largest absolute Gasteiger partial charge is 0.343 e. The minimum absolute atomic E-state index is 0.735. The average Bonchev–Trinajstić information content (AvgIpc) is 3.18. The maximum absolute atomic E-state index is 9.50. The zero-order valence-electron chi connectivity index (χ0n) is 16.7. The van der Waals surface area contributed by atoms with Gasteiger partial charge in [0.1, 0.15) is 6.07 Å². The van der Waals surface area contributed by atoms with Crippen LogP contribution in [0.1, 0.15) is 49.1 Å². The molecule has 1 aliphatic carbocycles. The predicted molar refractivity (Wildman–Crippen MR) is 124 cm³/mol. The van der Waals surface area contributed by atoms with Crippen LogP contribution in [0.4, 0.5) is 11.4 Å². The minimum atomic E-state index is 0.735. The lowest BCUT2D eigenvalue weighted by atomic mass is 9.84. The summed E-state index contributed by atoms with van der Waals surface area (Å²) in [6, 6.07) is 24.0. The molecule has 0 unspecified atom stereocenters. The third-order valence-electron chi connectivity index (χ3n) is 6.34. The van der Waals surface area contributed by atoms with Crippen LogP contribution in [0.15, 0.2) is 60.7 Å². The summed E-state index contributed by atoms with van der Waals surface area (Å²) in [5, 5.41) is 11.9. The molecule has 1 aromatic heterocycles. The Balaban J connectivity index is 1.54. The standard InChI is InChI=1S/C26H24N2S/c1-28(21-15-13-19(14-16-21)18-7-3-2-4-8-18)24-12-6-11-23-22-10-5-9-20(17-27)25(22)29-26(23)24/h5-6,9-16,18H,2-4,7-8H2,1H3. The second-order valence-electron chi connectivity index (χ2n) is 8.04. The van der Waals surface area contributed by atoms with E-state index in [1.807, 2.05) is 12.1 Å². The zero-order chi connectivity index (χ0) is 19.8. The number of thiophene rings is 1. The van der Waals surface area contributed by atoms with Crippen molar-refractivity contribution in [3.05, 3.63) is 71.8 Å². The van der Waals surface area contributed by atoms with Gasteiger partial charge in [-0.3, -0.25) is 0 Å². The van der Waals surface area contributed by atoms with Crippen molar-refractivity contribution in [2.24, 2.45) is 0 Å². The van der Waals surface area contributed by atoms with Gasteiger partial charge in [0.2, 0.25) is 0 Å². The topological polar surface area (TPSA) is 27.0 Å². The van der Waals surface area contributed by atoms with Gasteiger partial charge in [0, 0.05) is 23.5 Å². The van der Waals surface area contributed by atoms with Crippen LogP contribution in [0.25, 0.3) is 20.2 Å².